The Morgan fingerprint density at radius 3 is 1.67 bits per heavy atom. The molecule has 3 rings (SSSR count). The topological polar surface area (TPSA) is 161 Å². The van der Waals surface area contributed by atoms with E-state index >= 15 is 0 Å². The van der Waals surface area contributed by atoms with Gasteiger partial charge in [0.25, 0.3) is 0 Å². The third-order valence-electron chi connectivity index (χ3n) is 4.76. The molecule has 10 nitrogen and oxygen atoms in total. The Hall–Kier alpha value is -2.01. The molecule has 2 fully saturated rings. The van der Waals surface area contributed by atoms with E-state index in [0.717, 1.165) is 18.4 Å². The normalized spacial score (nSPS) is 28.9. The van der Waals surface area contributed by atoms with Crippen molar-refractivity contribution in [3.8, 4) is 0 Å². The van der Waals surface area contributed by atoms with E-state index in [1.807, 2.05) is 16.7 Å². The van der Waals surface area contributed by atoms with E-state index in [0.29, 0.717) is 50.6 Å². The lowest BCUT2D eigenvalue weighted by molar-refractivity contribution is 0.441. The summed E-state index contributed by atoms with van der Waals surface area (Å²) in [5.74, 6) is 1.64. The second-order valence-corrected chi connectivity index (χ2v) is 7.89. The van der Waals surface area contributed by atoms with Crippen LogP contribution in [0.15, 0.2) is 12.2 Å². The monoisotopic (exact) mass is 376 g/mol. The Balaban J connectivity index is 1.89. The minimum absolute atomic E-state index is 0.00220. The number of rotatable bonds is 5. The molecule has 27 heavy (non-hydrogen) atoms. The molecule has 0 spiro atoms. The maximum atomic E-state index is 6.14. The van der Waals surface area contributed by atoms with Crippen molar-refractivity contribution in [3.63, 3.8) is 0 Å². The van der Waals surface area contributed by atoms with Crippen LogP contribution in [0.1, 0.15) is 19.8 Å². The number of piperidine rings is 2. The molecule has 0 unspecified atom stereocenters. The minimum atomic E-state index is -0.00220. The van der Waals surface area contributed by atoms with Crippen LogP contribution in [-0.4, -0.2) is 71.8 Å². The van der Waals surface area contributed by atoms with Gasteiger partial charge in [-0.25, -0.2) is 0 Å². The van der Waals surface area contributed by atoms with E-state index in [2.05, 4.69) is 21.9 Å². The summed E-state index contributed by atoms with van der Waals surface area (Å²) in [6, 6.07) is -0.00880. The summed E-state index contributed by atoms with van der Waals surface area (Å²) in [6.07, 6.45) is 1.59. The molecule has 2 aliphatic rings. The van der Waals surface area contributed by atoms with Gasteiger partial charge in [0.1, 0.15) is 0 Å². The summed E-state index contributed by atoms with van der Waals surface area (Å²) in [4.78, 5) is 17.9. The molecule has 1 aromatic heterocycles. The van der Waals surface area contributed by atoms with Crippen LogP contribution in [0.2, 0.25) is 0 Å². The molecule has 0 radical (unpaired) electrons. The molecule has 9 N–H and O–H groups in total. The van der Waals surface area contributed by atoms with Gasteiger partial charge in [0.2, 0.25) is 17.8 Å². The zero-order chi connectivity index (χ0) is 19.6. The van der Waals surface area contributed by atoms with Crippen molar-refractivity contribution in [2.75, 3.05) is 47.8 Å². The van der Waals surface area contributed by atoms with Crippen molar-refractivity contribution in [3.05, 3.63) is 12.2 Å². The number of anilines is 3. The van der Waals surface area contributed by atoms with Gasteiger partial charge in [-0.05, 0) is 19.8 Å². The first-order valence-electron chi connectivity index (χ1n) is 9.46. The van der Waals surface area contributed by atoms with Gasteiger partial charge >= 0.3 is 0 Å². The zero-order valence-corrected chi connectivity index (χ0v) is 16.0. The Labute approximate surface area is 160 Å². The molecule has 0 bridgehead atoms. The number of aromatic nitrogens is 3. The standard InChI is InChI=1S/C17H32N10/c1-10(2)5-22-15-23-16(26-6-11(18)3-12(19)7-26)25-17(24-15)27-8-13(20)4-14(21)9-27/h11-14H,1,3-9,18-21H2,2H3,(H,22,23,24,25)/t11-,12+,13-,14+. The Kier molecular flexibility index (Phi) is 6.10. The quantitative estimate of drug-likeness (QED) is 0.386. The van der Waals surface area contributed by atoms with Gasteiger partial charge in [-0.2, -0.15) is 15.0 Å². The molecule has 4 atom stereocenters. The summed E-state index contributed by atoms with van der Waals surface area (Å²) in [6.45, 7) is 9.10. The van der Waals surface area contributed by atoms with Crippen molar-refractivity contribution in [1.29, 1.82) is 0 Å². The van der Waals surface area contributed by atoms with Crippen LogP contribution in [0, 0.1) is 0 Å². The summed E-state index contributed by atoms with van der Waals surface area (Å²) < 4.78 is 0. The Morgan fingerprint density at radius 1 is 0.889 bits per heavy atom. The van der Waals surface area contributed by atoms with E-state index < -0.39 is 0 Å². The van der Waals surface area contributed by atoms with E-state index in [-0.39, 0.29) is 24.2 Å². The second-order valence-electron chi connectivity index (χ2n) is 7.89. The fourth-order valence-electron chi connectivity index (χ4n) is 3.63. The molecule has 10 heteroatoms. The van der Waals surface area contributed by atoms with E-state index in [4.69, 9.17) is 27.9 Å². The van der Waals surface area contributed by atoms with Gasteiger partial charge in [0.15, 0.2) is 0 Å². The van der Waals surface area contributed by atoms with Crippen LogP contribution in [0.4, 0.5) is 17.8 Å². The highest BCUT2D eigenvalue weighted by Crippen LogP contribution is 2.22. The molecule has 3 heterocycles. The predicted molar refractivity (Wildman–Crippen MR) is 109 cm³/mol. The van der Waals surface area contributed by atoms with Gasteiger partial charge in [-0.15, -0.1) is 0 Å². The molecule has 0 aromatic carbocycles. The third kappa shape index (κ3) is 5.25. The van der Waals surface area contributed by atoms with Crippen molar-refractivity contribution >= 4 is 17.8 Å². The van der Waals surface area contributed by atoms with Gasteiger partial charge < -0.3 is 38.1 Å². The average molecular weight is 377 g/mol. The smallest absolute Gasteiger partial charge is 0.232 e. The first kappa shape index (κ1) is 19.7. The van der Waals surface area contributed by atoms with Crippen LogP contribution in [0.25, 0.3) is 0 Å². The molecule has 0 saturated carbocycles. The zero-order valence-electron chi connectivity index (χ0n) is 16.0. The van der Waals surface area contributed by atoms with Gasteiger partial charge in [0.05, 0.1) is 0 Å². The maximum absolute atomic E-state index is 6.14. The van der Waals surface area contributed by atoms with Gasteiger partial charge in [-0.3, -0.25) is 0 Å². The number of hydrogen-bond donors (Lipinski definition) is 5. The highest BCUT2D eigenvalue weighted by atomic mass is 15.4. The molecular weight excluding hydrogens is 344 g/mol. The third-order valence-corrected chi connectivity index (χ3v) is 4.76. The number of nitrogens with zero attached hydrogens (tertiary/aromatic N) is 5. The SMILES string of the molecule is C=C(C)CNc1nc(N2C[C@H](N)C[C@H](N)C2)nc(N2C[C@H](N)C[C@H](N)C2)n1. The van der Waals surface area contributed by atoms with Crippen LogP contribution >= 0.6 is 0 Å². The van der Waals surface area contributed by atoms with Gasteiger partial charge in [0, 0.05) is 56.9 Å². The summed E-state index contributed by atoms with van der Waals surface area (Å²) in [5.41, 5.74) is 25.6. The van der Waals surface area contributed by atoms with Crippen LogP contribution in [0.3, 0.4) is 0 Å². The van der Waals surface area contributed by atoms with E-state index in [1.165, 1.54) is 0 Å². The molecule has 2 saturated heterocycles. The number of nitrogens with one attached hydrogen (secondary N) is 1. The molecule has 150 valence electrons. The molecule has 0 amide bonds. The Morgan fingerprint density at radius 2 is 1.30 bits per heavy atom. The van der Waals surface area contributed by atoms with Crippen LogP contribution < -0.4 is 38.1 Å². The molecular formula is C17H32N10. The lowest BCUT2D eigenvalue weighted by atomic mass is 10.0. The lowest BCUT2D eigenvalue weighted by Crippen LogP contribution is -2.54. The van der Waals surface area contributed by atoms with E-state index in [9.17, 15) is 0 Å². The van der Waals surface area contributed by atoms with Crippen LogP contribution in [0.5, 0.6) is 0 Å². The van der Waals surface area contributed by atoms with E-state index in [1.54, 1.807) is 0 Å². The summed E-state index contributed by atoms with van der Waals surface area (Å²) in [7, 11) is 0. The minimum Gasteiger partial charge on any atom is -0.350 e. The largest absolute Gasteiger partial charge is 0.350 e. The van der Waals surface area contributed by atoms with Crippen molar-refractivity contribution in [2.24, 2.45) is 22.9 Å². The van der Waals surface area contributed by atoms with Gasteiger partial charge in [-0.1, -0.05) is 12.2 Å². The second kappa shape index (κ2) is 8.34. The molecule has 1 aromatic rings. The van der Waals surface area contributed by atoms with Crippen molar-refractivity contribution < 1.29 is 0 Å². The highest BCUT2D eigenvalue weighted by molar-refractivity contribution is 5.47. The number of hydrogen-bond acceptors (Lipinski definition) is 10. The Bertz CT molecular complexity index is 601. The van der Waals surface area contributed by atoms with Crippen LogP contribution in [-0.2, 0) is 0 Å². The predicted octanol–water partition coefficient (Wildman–Crippen LogP) is -1.41. The molecule has 2 aliphatic heterocycles. The number of nitrogens with two attached hydrogens (primary N) is 4. The lowest BCUT2D eigenvalue weighted by Gasteiger charge is -2.37. The summed E-state index contributed by atoms with van der Waals surface area (Å²) in [5, 5.41) is 3.21. The van der Waals surface area contributed by atoms with Crippen molar-refractivity contribution in [2.45, 2.75) is 43.9 Å². The maximum Gasteiger partial charge on any atom is 0.232 e. The molecule has 0 aliphatic carbocycles. The first-order valence-corrected chi connectivity index (χ1v) is 9.46. The summed E-state index contributed by atoms with van der Waals surface area (Å²) >= 11 is 0. The fourth-order valence-corrected chi connectivity index (χ4v) is 3.63. The fraction of sp³-hybridized carbons (Fsp3) is 0.706. The average Bonchev–Trinajstić information content (AvgIpc) is 2.58. The first-order chi connectivity index (χ1) is 12.8. The highest BCUT2D eigenvalue weighted by Gasteiger charge is 2.28. The van der Waals surface area contributed by atoms with Crippen molar-refractivity contribution in [1.82, 2.24) is 15.0 Å².